The van der Waals surface area contributed by atoms with Gasteiger partial charge in [0.05, 0.1) is 11.9 Å². The van der Waals surface area contributed by atoms with E-state index in [0.29, 0.717) is 6.54 Å². The van der Waals surface area contributed by atoms with Gasteiger partial charge in [-0.3, -0.25) is 9.88 Å². The van der Waals surface area contributed by atoms with Crippen molar-refractivity contribution in [3.8, 4) is 0 Å². The van der Waals surface area contributed by atoms with Crippen molar-refractivity contribution in [1.29, 1.82) is 0 Å². The first-order valence-corrected chi connectivity index (χ1v) is 10.4. The Labute approximate surface area is 139 Å². The Morgan fingerprint density at radius 2 is 1.96 bits per heavy atom. The van der Waals surface area contributed by atoms with Gasteiger partial charge in [-0.1, -0.05) is 12.5 Å². The molecule has 0 radical (unpaired) electrons. The summed E-state index contributed by atoms with van der Waals surface area (Å²) in [5.41, 5.74) is 1.90. The summed E-state index contributed by atoms with van der Waals surface area (Å²) < 4.78 is 26.3. The molecule has 0 saturated carbocycles. The van der Waals surface area contributed by atoms with Crippen molar-refractivity contribution in [3.05, 3.63) is 29.6 Å². The van der Waals surface area contributed by atoms with Gasteiger partial charge in [0.25, 0.3) is 0 Å². The smallest absolute Gasteiger partial charge is 0.211 e. The Morgan fingerprint density at radius 1 is 1.17 bits per heavy atom. The van der Waals surface area contributed by atoms with Gasteiger partial charge in [0, 0.05) is 30.9 Å². The minimum absolute atomic E-state index is 0.200. The van der Waals surface area contributed by atoms with Gasteiger partial charge in [0.2, 0.25) is 10.0 Å². The van der Waals surface area contributed by atoms with E-state index in [-0.39, 0.29) is 5.54 Å². The van der Waals surface area contributed by atoms with Crippen LogP contribution in [0.2, 0.25) is 0 Å². The van der Waals surface area contributed by atoms with E-state index in [9.17, 15) is 8.42 Å². The lowest BCUT2D eigenvalue weighted by atomic mass is 9.81. The molecule has 0 aromatic carbocycles. The molecule has 0 aliphatic carbocycles. The van der Waals surface area contributed by atoms with Crippen LogP contribution in [0.15, 0.2) is 18.2 Å². The van der Waals surface area contributed by atoms with Crippen LogP contribution in [0, 0.1) is 6.92 Å². The predicted octanol–water partition coefficient (Wildman–Crippen LogP) is 2.17. The molecule has 3 heterocycles. The van der Waals surface area contributed by atoms with E-state index in [4.69, 9.17) is 0 Å². The molecule has 2 aliphatic rings. The van der Waals surface area contributed by atoms with Crippen molar-refractivity contribution in [2.24, 2.45) is 0 Å². The van der Waals surface area contributed by atoms with Crippen LogP contribution >= 0.6 is 0 Å². The van der Waals surface area contributed by atoms with E-state index in [0.717, 1.165) is 63.1 Å². The molecule has 6 heteroatoms. The van der Waals surface area contributed by atoms with Gasteiger partial charge < -0.3 is 0 Å². The fourth-order valence-electron chi connectivity index (χ4n) is 4.25. The second kappa shape index (κ2) is 6.49. The van der Waals surface area contributed by atoms with Crippen molar-refractivity contribution >= 4 is 10.0 Å². The highest BCUT2D eigenvalue weighted by atomic mass is 32.2. The highest BCUT2D eigenvalue weighted by Crippen LogP contribution is 2.38. The number of likely N-dealkylation sites (tertiary alicyclic amines) is 1. The summed E-state index contributed by atoms with van der Waals surface area (Å²) in [5.74, 6) is 0. The summed E-state index contributed by atoms with van der Waals surface area (Å²) in [6, 6.07) is 6.11. The molecule has 1 spiro atoms. The Hall–Kier alpha value is -0.980. The molecule has 23 heavy (non-hydrogen) atoms. The van der Waals surface area contributed by atoms with E-state index in [1.54, 1.807) is 4.31 Å². The quantitative estimate of drug-likeness (QED) is 0.848. The van der Waals surface area contributed by atoms with Gasteiger partial charge in [-0.2, -0.15) is 4.31 Å². The minimum Gasteiger partial charge on any atom is -0.296 e. The second-order valence-electron chi connectivity index (χ2n) is 7.10. The fraction of sp³-hybridized carbons (Fsp3) is 0.706. The normalized spacial score (nSPS) is 27.4. The average molecular weight is 337 g/mol. The van der Waals surface area contributed by atoms with Crippen LogP contribution in [0.5, 0.6) is 0 Å². The van der Waals surface area contributed by atoms with Crippen LogP contribution in [0.4, 0.5) is 0 Å². The Morgan fingerprint density at radius 3 is 2.70 bits per heavy atom. The summed E-state index contributed by atoms with van der Waals surface area (Å²) >= 11 is 0. The van der Waals surface area contributed by atoms with E-state index in [1.807, 2.05) is 19.1 Å². The molecule has 0 N–H and O–H groups in total. The first-order chi connectivity index (χ1) is 10.9. The Kier molecular flexibility index (Phi) is 4.76. The highest BCUT2D eigenvalue weighted by Gasteiger charge is 2.45. The lowest BCUT2D eigenvalue weighted by molar-refractivity contribution is 0.0332. The number of hydrogen-bond donors (Lipinski definition) is 0. The lowest BCUT2D eigenvalue weighted by Crippen LogP contribution is -2.61. The number of nitrogens with zero attached hydrogens (tertiary/aromatic N) is 3. The molecule has 1 unspecified atom stereocenters. The zero-order valence-electron chi connectivity index (χ0n) is 14.2. The minimum atomic E-state index is -3.15. The predicted molar refractivity (Wildman–Crippen MR) is 91.6 cm³/mol. The van der Waals surface area contributed by atoms with Gasteiger partial charge in [-0.15, -0.1) is 0 Å². The maximum atomic E-state index is 12.3. The molecule has 1 aromatic heterocycles. The third-order valence-corrected chi connectivity index (χ3v) is 6.52. The lowest BCUT2D eigenvalue weighted by Gasteiger charge is -2.51. The molecule has 0 amide bonds. The van der Waals surface area contributed by atoms with Crippen LogP contribution in [-0.4, -0.2) is 54.0 Å². The van der Waals surface area contributed by atoms with Crippen molar-refractivity contribution in [3.63, 3.8) is 0 Å². The molecule has 3 rings (SSSR count). The van der Waals surface area contributed by atoms with E-state index in [1.165, 1.54) is 6.26 Å². The van der Waals surface area contributed by atoms with Crippen LogP contribution in [-0.2, 0) is 16.6 Å². The first-order valence-electron chi connectivity index (χ1n) is 8.52. The van der Waals surface area contributed by atoms with E-state index in [2.05, 4.69) is 16.0 Å². The van der Waals surface area contributed by atoms with Gasteiger partial charge in [-0.05, 0) is 51.3 Å². The molecule has 2 aliphatic heterocycles. The van der Waals surface area contributed by atoms with Crippen LogP contribution < -0.4 is 0 Å². The molecule has 0 bridgehead atoms. The van der Waals surface area contributed by atoms with Crippen molar-refractivity contribution in [2.75, 3.05) is 25.9 Å². The summed E-state index contributed by atoms with van der Waals surface area (Å²) in [5, 5.41) is 0. The average Bonchev–Trinajstić information content (AvgIpc) is 2.46. The molecule has 2 saturated heterocycles. The zero-order valence-corrected chi connectivity index (χ0v) is 15.0. The molecule has 128 valence electrons. The zero-order chi connectivity index (χ0) is 16.5. The summed E-state index contributed by atoms with van der Waals surface area (Å²) in [7, 11) is -3.15. The number of piperidine rings is 2. The SMILES string of the molecule is Cc1cccc(CN2CCCC3(CCCCN3S(C)(=O)=O)C2)n1. The van der Waals surface area contributed by atoms with Crippen molar-refractivity contribution in [2.45, 2.75) is 51.1 Å². The highest BCUT2D eigenvalue weighted by molar-refractivity contribution is 7.88. The molecule has 2 fully saturated rings. The van der Waals surface area contributed by atoms with Gasteiger partial charge in [0.15, 0.2) is 0 Å². The summed E-state index contributed by atoms with van der Waals surface area (Å²) in [4.78, 5) is 6.98. The maximum Gasteiger partial charge on any atom is 0.211 e. The third kappa shape index (κ3) is 3.75. The standard InChI is InChI=1S/C17H27N3O2S/c1-15-7-5-8-16(18-15)13-19-11-6-10-17(14-19)9-3-4-12-20(17)23(2,21)22/h5,7-8H,3-4,6,9-14H2,1-2H3. The van der Waals surface area contributed by atoms with Crippen LogP contribution in [0.25, 0.3) is 0 Å². The number of sulfonamides is 1. The molecule has 1 aromatic rings. The monoisotopic (exact) mass is 337 g/mol. The van der Waals surface area contributed by atoms with E-state index >= 15 is 0 Å². The molecular weight excluding hydrogens is 310 g/mol. The van der Waals surface area contributed by atoms with Crippen molar-refractivity contribution in [1.82, 2.24) is 14.2 Å². The Balaban J connectivity index is 1.78. The number of hydrogen-bond acceptors (Lipinski definition) is 4. The molecule has 5 nitrogen and oxygen atoms in total. The first kappa shape index (κ1) is 16.9. The van der Waals surface area contributed by atoms with Crippen LogP contribution in [0.3, 0.4) is 0 Å². The maximum absolute atomic E-state index is 12.3. The topological polar surface area (TPSA) is 53.5 Å². The molecular formula is C17H27N3O2S. The fourth-order valence-corrected chi connectivity index (χ4v) is 5.66. The van der Waals surface area contributed by atoms with E-state index < -0.39 is 10.0 Å². The third-order valence-electron chi connectivity index (χ3n) is 5.15. The Bertz CT molecular complexity index is 658. The molecule has 1 atom stereocenters. The number of pyridine rings is 1. The largest absolute Gasteiger partial charge is 0.296 e. The second-order valence-corrected chi connectivity index (χ2v) is 9.01. The van der Waals surface area contributed by atoms with Gasteiger partial charge in [-0.25, -0.2) is 8.42 Å². The van der Waals surface area contributed by atoms with Crippen molar-refractivity contribution < 1.29 is 8.42 Å². The van der Waals surface area contributed by atoms with Gasteiger partial charge in [0.1, 0.15) is 0 Å². The number of aromatic nitrogens is 1. The summed E-state index contributed by atoms with van der Waals surface area (Å²) in [6.07, 6.45) is 6.49. The summed E-state index contributed by atoms with van der Waals surface area (Å²) in [6.45, 7) is 5.34. The van der Waals surface area contributed by atoms with Gasteiger partial charge >= 0.3 is 0 Å². The van der Waals surface area contributed by atoms with Crippen LogP contribution in [0.1, 0.15) is 43.5 Å². The number of rotatable bonds is 3. The number of aryl methyl sites for hydroxylation is 1.